The second-order valence-electron chi connectivity index (χ2n) is 18.7. The van der Waals surface area contributed by atoms with Crippen molar-refractivity contribution < 1.29 is 0 Å². The van der Waals surface area contributed by atoms with E-state index in [0.717, 1.165) is 70.5 Å². The summed E-state index contributed by atoms with van der Waals surface area (Å²) in [5.74, 6) is 3.58. The summed E-state index contributed by atoms with van der Waals surface area (Å²) < 4.78 is 0. The predicted octanol–water partition coefficient (Wildman–Crippen LogP) is 18.3. The highest BCUT2D eigenvalue weighted by Gasteiger charge is 2.33. The summed E-state index contributed by atoms with van der Waals surface area (Å²) in [6, 6.07) is 74.0. The van der Waals surface area contributed by atoms with Crippen molar-refractivity contribution in [2.75, 3.05) is 19.6 Å². The van der Waals surface area contributed by atoms with Gasteiger partial charge in [0.05, 0.1) is 17.4 Å². The van der Waals surface area contributed by atoms with Gasteiger partial charge >= 0.3 is 0 Å². The van der Waals surface area contributed by atoms with E-state index >= 15 is 0 Å². The van der Waals surface area contributed by atoms with E-state index in [1.165, 1.54) is 33.3 Å². The lowest BCUT2D eigenvalue weighted by atomic mass is 9.79. The van der Waals surface area contributed by atoms with Gasteiger partial charge in [0.25, 0.3) is 0 Å². The third-order valence-corrected chi connectivity index (χ3v) is 14.3. The van der Waals surface area contributed by atoms with E-state index in [-0.39, 0.29) is 12.0 Å². The minimum atomic E-state index is 0.187. The Labute approximate surface area is 431 Å². The molecule has 3 unspecified atom stereocenters. The van der Waals surface area contributed by atoms with Gasteiger partial charge in [0.15, 0.2) is 0 Å². The lowest BCUT2D eigenvalue weighted by Gasteiger charge is -2.41. The zero-order valence-electron chi connectivity index (χ0n) is 41.2. The summed E-state index contributed by atoms with van der Waals surface area (Å²) in [6.07, 6.45) is 34.1. The minimum absolute atomic E-state index is 0.187. The Morgan fingerprint density at radius 1 is 0.562 bits per heavy atom. The van der Waals surface area contributed by atoms with Crippen molar-refractivity contribution in [2.24, 2.45) is 5.92 Å². The molecule has 8 aromatic rings. The van der Waals surface area contributed by atoms with Crippen LogP contribution in [0, 0.1) is 18.3 Å². The van der Waals surface area contributed by atoms with Crippen LogP contribution in [0.1, 0.15) is 37.7 Å². The van der Waals surface area contributed by atoms with E-state index in [2.05, 4.69) is 262 Å². The molecule has 0 N–H and O–H groups in total. The van der Waals surface area contributed by atoms with Crippen LogP contribution in [-0.4, -0.2) is 6.04 Å². The number of hydrogen-bond donors (Lipinski definition) is 0. The molecule has 73 heavy (non-hydrogen) atoms. The van der Waals surface area contributed by atoms with Crippen LogP contribution < -0.4 is 19.6 Å². The first-order valence-corrected chi connectivity index (χ1v) is 25.5. The highest BCUT2D eigenvalue weighted by Crippen LogP contribution is 2.44. The van der Waals surface area contributed by atoms with Gasteiger partial charge in [-0.05, 0) is 158 Å². The molecule has 0 heterocycles. The van der Waals surface area contributed by atoms with Gasteiger partial charge in [-0.15, -0.1) is 6.42 Å². The van der Waals surface area contributed by atoms with Crippen molar-refractivity contribution in [1.29, 1.82) is 0 Å². The first-order chi connectivity index (χ1) is 36.1. The zero-order chi connectivity index (χ0) is 49.3. The van der Waals surface area contributed by atoms with Crippen molar-refractivity contribution in [1.82, 2.24) is 0 Å². The molecule has 8 aromatic carbocycles. The fraction of sp³-hybridized carbons (Fsp3) is 0.101. The number of rotatable bonds is 14. The fourth-order valence-corrected chi connectivity index (χ4v) is 10.7. The molecule has 11 rings (SSSR count). The van der Waals surface area contributed by atoms with E-state index < -0.39 is 0 Å². The Kier molecular flexibility index (Phi) is 13.7. The van der Waals surface area contributed by atoms with Crippen LogP contribution in [0.2, 0.25) is 0 Å². The maximum absolute atomic E-state index is 6.16. The molecule has 0 aromatic heterocycles. The minimum Gasteiger partial charge on any atom is -0.334 e. The summed E-state index contributed by atoms with van der Waals surface area (Å²) in [7, 11) is 0. The molecule has 354 valence electrons. The summed E-state index contributed by atoms with van der Waals surface area (Å²) in [6.45, 7) is 2.00. The molecule has 0 saturated carbocycles. The monoisotopic (exact) mass is 942 g/mol. The Hall–Kier alpha value is -9.04. The molecule has 0 spiro atoms. The Morgan fingerprint density at radius 3 is 1.77 bits per heavy atom. The number of nitrogens with zero attached hydrogens (tertiary/aromatic N) is 4. The molecule has 0 bridgehead atoms. The molecule has 3 aliphatic carbocycles. The van der Waals surface area contributed by atoms with Crippen LogP contribution in [0.5, 0.6) is 0 Å². The first-order valence-electron chi connectivity index (χ1n) is 25.5. The van der Waals surface area contributed by atoms with Gasteiger partial charge in [-0.3, -0.25) is 0 Å². The van der Waals surface area contributed by atoms with E-state index in [4.69, 9.17) is 6.42 Å². The van der Waals surface area contributed by atoms with Crippen molar-refractivity contribution >= 4 is 62.0 Å². The molecule has 0 amide bonds. The molecule has 4 nitrogen and oxygen atoms in total. The maximum atomic E-state index is 6.16. The van der Waals surface area contributed by atoms with E-state index in [1.54, 1.807) is 0 Å². The zero-order valence-corrected chi connectivity index (χ0v) is 41.2. The number of para-hydroxylation sites is 3. The van der Waals surface area contributed by atoms with Crippen molar-refractivity contribution in [3.8, 4) is 12.3 Å². The van der Waals surface area contributed by atoms with E-state index in [0.29, 0.717) is 5.92 Å². The molecule has 0 fully saturated rings. The van der Waals surface area contributed by atoms with Crippen LogP contribution in [0.25, 0.3) is 10.8 Å². The van der Waals surface area contributed by atoms with Gasteiger partial charge in [0, 0.05) is 68.4 Å². The highest BCUT2D eigenvalue weighted by molar-refractivity contribution is 5.99. The van der Waals surface area contributed by atoms with Gasteiger partial charge < -0.3 is 19.6 Å². The molecule has 0 radical (unpaired) electrons. The van der Waals surface area contributed by atoms with Gasteiger partial charge in [0.1, 0.15) is 0 Å². The number of anilines is 9. The number of benzene rings is 8. The SMILES string of the molecule is C#C/C(=C\C=C/C)N(c1ccccc1)c1ccc(N(c2ccc(C3C=CC(N(c4ccc(N(c5ccccc5)c5ccccc5)cc4)C4C=CC=C5C=CCCC54)=CC3)cc2)c2cccc3ccccc23)cc1. The van der Waals surface area contributed by atoms with Crippen LogP contribution in [0.15, 0.2) is 290 Å². The number of allylic oxidation sites excluding steroid dienone is 11. The number of hydrogen-bond acceptors (Lipinski definition) is 4. The molecule has 3 atom stereocenters. The van der Waals surface area contributed by atoms with Crippen LogP contribution in [0.4, 0.5) is 51.2 Å². The van der Waals surface area contributed by atoms with Crippen LogP contribution >= 0.6 is 0 Å². The van der Waals surface area contributed by atoms with Crippen molar-refractivity contribution in [3.05, 3.63) is 296 Å². The molecular formula is C69H58N4. The summed E-state index contributed by atoms with van der Waals surface area (Å²) in [4.78, 5) is 9.42. The normalized spacial score (nSPS) is 17.1. The maximum Gasteiger partial charge on any atom is 0.0966 e. The van der Waals surface area contributed by atoms with Crippen molar-refractivity contribution in [3.63, 3.8) is 0 Å². The highest BCUT2D eigenvalue weighted by atomic mass is 15.2. The number of fused-ring (bicyclic) bond motifs is 2. The van der Waals surface area contributed by atoms with Crippen LogP contribution in [0.3, 0.4) is 0 Å². The summed E-state index contributed by atoms with van der Waals surface area (Å²) >= 11 is 0. The average Bonchev–Trinajstić information content (AvgIpc) is 3.46. The molecule has 0 aliphatic heterocycles. The van der Waals surface area contributed by atoms with Gasteiger partial charge in [-0.25, -0.2) is 0 Å². The van der Waals surface area contributed by atoms with Gasteiger partial charge in [-0.1, -0.05) is 164 Å². The lowest BCUT2D eigenvalue weighted by molar-refractivity contribution is 0.489. The van der Waals surface area contributed by atoms with Crippen molar-refractivity contribution in [2.45, 2.75) is 38.1 Å². The second-order valence-corrected chi connectivity index (χ2v) is 18.7. The van der Waals surface area contributed by atoms with Crippen LogP contribution in [-0.2, 0) is 0 Å². The fourth-order valence-electron chi connectivity index (χ4n) is 10.7. The quantitative estimate of drug-likeness (QED) is 0.0795. The molecule has 4 heteroatoms. The largest absolute Gasteiger partial charge is 0.334 e. The summed E-state index contributed by atoms with van der Waals surface area (Å²) in [5.41, 5.74) is 14.5. The molecular weight excluding hydrogens is 885 g/mol. The summed E-state index contributed by atoms with van der Waals surface area (Å²) in [5, 5.41) is 2.38. The smallest absolute Gasteiger partial charge is 0.0966 e. The van der Waals surface area contributed by atoms with E-state index in [1.807, 2.05) is 43.4 Å². The third-order valence-electron chi connectivity index (χ3n) is 14.3. The second kappa shape index (κ2) is 21.5. The van der Waals surface area contributed by atoms with Gasteiger partial charge in [0.2, 0.25) is 0 Å². The first kappa shape index (κ1) is 46.3. The molecule has 0 saturated heterocycles. The molecule has 3 aliphatic rings. The number of terminal acetylenes is 1. The standard InChI is InChI=1S/C69H58N4/c1-3-5-25-56(4-2)70(57-26-9-6-10-27-57)60-44-48-64(49-45-60)72(68-34-19-23-54-21-15-17-32-66(54)68)62-40-36-52(37-41-62)53-38-42-63(43-39-53)73(69-35-20-24-55-22-16-18-33-67(55)69)65-50-46-61(47-51-65)71(58-28-11-7-12-29-58)59-30-13-8-14-31-59/h2-3,5-17,19-32,34-38,40-51,53,67,69H,18,33,39H2,1H3/b5-3-,56-25+. The third kappa shape index (κ3) is 9.74. The van der Waals surface area contributed by atoms with E-state index in [9.17, 15) is 0 Å². The Balaban J connectivity index is 0.902. The Morgan fingerprint density at radius 2 is 1.12 bits per heavy atom. The lowest BCUT2D eigenvalue weighted by Crippen LogP contribution is -2.41. The average molecular weight is 943 g/mol. The topological polar surface area (TPSA) is 13.0 Å². The van der Waals surface area contributed by atoms with Gasteiger partial charge in [-0.2, -0.15) is 0 Å². The predicted molar refractivity (Wildman–Crippen MR) is 310 cm³/mol. The Bertz CT molecular complexity index is 3400.